The van der Waals surface area contributed by atoms with Crippen molar-refractivity contribution in [3.05, 3.63) is 0 Å². The van der Waals surface area contributed by atoms with Gasteiger partial charge in [0.2, 0.25) is 5.91 Å². The Bertz CT molecular complexity index is 269. The van der Waals surface area contributed by atoms with Gasteiger partial charge in [-0.3, -0.25) is 4.79 Å². The molecule has 4 nitrogen and oxygen atoms in total. The van der Waals surface area contributed by atoms with Crippen molar-refractivity contribution in [2.75, 3.05) is 26.3 Å². The van der Waals surface area contributed by atoms with Gasteiger partial charge in [0.1, 0.15) is 6.61 Å². The second-order valence-electron chi connectivity index (χ2n) is 5.26. The SMILES string of the molecule is NCC1(CNC(=O)CCOCC(F)F)CCCCC1. The number of alkyl halides is 2. The Hall–Kier alpha value is -0.750. The van der Waals surface area contributed by atoms with Crippen LogP contribution in [0.15, 0.2) is 0 Å². The second-order valence-corrected chi connectivity index (χ2v) is 5.26. The van der Waals surface area contributed by atoms with E-state index in [-0.39, 0.29) is 24.3 Å². The normalized spacial score (nSPS) is 18.5. The minimum absolute atomic E-state index is 0.0255. The Kier molecular flexibility index (Phi) is 7.23. The predicted molar refractivity (Wildman–Crippen MR) is 69.0 cm³/mol. The summed E-state index contributed by atoms with van der Waals surface area (Å²) in [5.41, 5.74) is 5.85. The number of carbonyl (C=O) groups excluding carboxylic acids is 1. The maximum atomic E-state index is 11.8. The minimum Gasteiger partial charge on any atom is -0.375 e. The Balaban J connectivity index is 2.17. The molecule has 3 N–H and O–H groups in total. The Labute approximate surface area is 113 Å². The molecule has 0 aliphatic heterocycles. The van der Waals surface area contributed by atoms with E-state index in [1.807, 2.05) is 0 Å². The van der Waals surface area contributed by atoms with E-state index in [9.17, 15) is 13.6 Å². The number of halogens is 2. The number of hydrogen-bond donors (Lipinski definition) is 2. The van der Waals surface area contributed by atoms with Gasteiger partial charge in [-0.1, -0.05) is 19.3 Å². The molecule has 112 valence electrons. The van der Waals surface area contributed by atoms with Gasteiger partial charge >= 0.3 is 0 Å². The van der Waals surface area contributed by atoms with Crippen molar-refractivity contribution >= 4 is 5.91 Å². The maximum absolute atomic E-state index is 11.8. The van der Waals surface area contributed by atoms with E-state index in [0.29, 0.717) is 13.1 Å². The second kappa shape index (κ2) is 8.43. The fourth-order valence-electron chi connectivity index (χ4n) is 2.47. The molecule has 19 heavy (non-hydrogen) atoms. The lowest BCUT2D eigenvalue weighted by Gasteiger charge is -2.36. The first-order chi connectivity index (χ1) is 9.08. The minimum atomic E-state index is -2.48. The van der Waals surface area contributed by atoms with Gasteiger partial charge in [0, 0.05) is 13.0 Å². The number of nitrogens with one attached hydrogen (secondary N) is 1. The zero-order valence-electron chi connectivity index (χ0n) is 11.3. The van der Waals surface area contributed by atoms with Crippen LogP contribution in [-0.2, 0) is 9.53 Å². The quantitative estimate of drug-likeness (QED) is 0.664. The van der Waals surface area contributed by atoms with E-state index < -0.39 is 13.0 Å². The molecule has 1 saturated carbocycles. The number of amides is 1. The number of ether oxygens (including phenoxy) is 1. The summed E-state index contributed by atoms with van der Waals surface area (Å²) in [5, 5.41) is 2.85. The van der Waals surface area contributed by atoms with Crippen LogP contribution in [0.25, 0.3) is 0 Å². The number of rotatable bonds is 8. The van der Waals surface area contributed by atoms with Crippen molar-refractivity contribution in [1.82, 2.24) is 5.32 Å². The molecule has 0 saturated heterocycles. The molecule has 1 rings (SSSR count). The average Bonchev–Trinajstić information content (AvgIpc) is 2.42. The molecule has 0 bridgehead atoms. The molecule has 0 atom stereocenters. The third kappa shape index (κ3) is 6.29. The van der Waals surface area contributed by atoms with E-state index in [0.717, 1.165) is 25.7 Å². The highest BCUT2D eigenvalue weighted by Crippen LogP contribution is 2.34. The summed E-state index contributed by atoms with van der Waals surface area (Å²) in [7, 11) is 0. The smallest absolute Gasteiger partial charge is 0.261 e. The average molecular weight is 278 g/mol. The molecule has 0 aromatic carbocycles. The van der Waals surface area contributed by atoms with E-state index in [1.54, 1.807) is 0 Å². The van der Waals surface area contributed by atoms with Gasteiger partial charge in [0.05, 0.1) is 6.61 Å². The van der Waals surface area contributed by atoms with Gasteiger partial charge in [-0.2, -0.15) is 0 Å². The van der Waals surface area contributed by atoms with E-state index in [1.165, 1.54) is 6.42 Å². The topological polar surface area (TPSA) is 64.3 Å². The van der Waals surface area contributed by atoms with Crippen LogP contribution in [0, 0.1) is 5.41 Å². The molecule has 0 radical (unpaired) electrons. The predicted octanol–water partition coefficient (Wildman–Crippen LogP) is 1.68. The van der Waals surface area contributed by atoms with Gasteiger partial charge in [0.15, 0.2) is 0 Å². The van der Waals surface area contributed by atoms with Crippen LogP contribution >= 0.6 is 0 Å². The van der Waals surface area contributed by atoms with Crippen molar-refractivity contribution in [2.24, 2.45) is 11.1 Å². The molecule has 1 amide bonds. The first-order valence-corrected chi connectivity index (χ1v) is 6.91. The molecule has 1 fully saturated rings. The lowest BCUT2D eigenvalue weighted by atomic mass is 9.74. The highest BCUT2D eigenvalue weighted by atomic mass is 19.3. The molecule has 1 aliphatic carbocycles. The number of carbonyl (C=O) groups is 1. The first-order valence-electron chi connectivity index (χ1n) is 6.91. The molecule has 6 heteroatoms. The van der Waals surface area contributed by atoms with Crippen LogP contribution in [0.1, 0.15) is 38.5 Å². The van der Waals surface area contributed by atoms with Crippen molar-refractivity contribution in [3.63, 3.8) is 0 Å². The van der Waals surface area contributed by atoms with Gasteiger partial charge in [0.25, 0.3) is 6.43 Å². The molecule has 0 aromatic heterocycles. The molecular weight excluding hydrogens is 254 g/mol. The summed E-state index contributed by atoms with van der Waals surface area (Å²) in [6, 6.07) is 0. The van der Waals surface area contributed by atoms with Gasteiger partial charge < -0.3 is 15.8 Å². The first kappa shape index (κ1) is 16.3. The van der Waals surface area contributed by atoms with Gasteiger partial charge in [-0.25, -0.2) is 8.78 Å². The lowest BCUT2D eigenvalue weighted by Crippen LogP contribution is -2.43. The standard InChI is InChI=1S/C13H24F2N2O2/c14-11(15)8-19-7-4-12(18)17-10-13(9-16)5-2-1-3-6-13/h11H,1-10,16H2,(H,17,18). The zero-order chi connectivity index (χ0) is 14.1. The van der Waals surface area contributed by atoms with Gasteiger partial charge in [-0.15, -0.1) is 0 Å². The van der Waals surface area contributed by atoms with Crippen LogP contribution in [0.5, 0.6) is 0 Å². The highest BCUT2D eigenvalue weighted by molar-refractivity contribution is 5.76. The largest absolute Gasteiger partial charge is 0.375 e. The highest BCUT2D eigenvalue weighted by Gasteiger charge is 2.30. The maximum Gasteiger partial charge on any atom is 0.261 e. The number of hydrogen-bond acceptors (Lipinski definition) is 3. The molecule has 0 spiro atoms. The van der Waals surface area contributed by atoms with Crippen molar-refractivity contribution in [3.8, 4) is 0 Å². The number of nitrogens with two attached hydrogens (primary N) is 1. The van der Waals surface area contributed by atoms with Crippen LogP contribution in [0.4, 0.5) is 8.78 Å². The van der Waals surface area contributed by atoms with Crippen LogP contribution in [0.2, 0.25) is 0 Å². The summed E-state index contributed by atoms with van der Waals surface area (Å²) >= 11 is 0. The fraction of sp³-hybridized carbons (Fsp3) is 0.923. The third-order valence-electron chi connectivity index (χ3n) is 3.73. The van der Waals surface area contributed by atoms with Crippen LogP contribution in [0.3, 0.4) is 0 Å². The van der Waals surface area contributed by atoms with Crippen LogP contribution in [-0.4, -0.2) is 38.6 Å². The third-order valence-corrected chi connectivity index (χ3v) is 3.73. The summed E-state index contributed by atoms with van der Waals surface area (Å²) < 4.78 is 28.3. The Morgan fingerprint density at radius 3 is 2.58 bits per heavy atom. The monoisotopic (exact) mass is 278 g/mol. The van der Waals surface area contributed by atoms with E-state index >= 15 is 0 Å². The molecule has 0 heterocycles. The van der Waals surface area contributed by atoms with Crippen molar-refractivity contribution < 1.29 is 18.3 Å². The van der Waals surface area contributed by atoms with Crippen molar-refractivity contribution in [1.29, 1.82) is 0 Å². The Morgan fingerprint density at radius 1 is 1.32 bits per heavy atom. The molecule has 0 aromatic rings. The van der Waals surface area contributed by atoms with E-state index in [2.05, 4.69) is 10.1 Å². The molecule has 1 aliphatic rings. The molecule has 0 unspecified atom stereocenters. The Morgan fingerprint density at radius 2 is 2.00 bits per heavy atom. The van der Waals surface area contributed by atoms with Gasteiger partial charge in [-0.05, 0) is 24.8 Å². The van der Waals surface area contributed by atoms with Crippen LogP contribution < -0.4 is 11.1 Å². The fourth-order valence-corrected chi connectivity index (χ4v) is 2.47. The summed E-state index contributed by atoms with van der Waals surface area (Å²) in [5.74, 6) is -0.160. The summed E-state index contributed by atoms with van der Waals surface area (Å²) in [6.45, 7) is 0.582. The molecular formula is C13H24F2N2O2. The lowest BCUT2D eigenvalue weighted by molar-refractivity contribution is -0.123. The summed E-state index contributed by atoms with van der Waals surface area (Å²) in [4.78, 5) is 11.6. The van der Waals surface area contributed by atoms with E-state index in [4.69, 9.17) is 5.73 Å². The summed E-state index contributed by atoms with van der Waals surface area (Å²) in [6.07, 6.45) is 3.28. The zero-order valence-corrected chi connectivity index (χ0v) is 11.3. The van der Waals surface area contributed by atoms with Crippen molar-refractivity contribution in [2.45, 2.75) is 45.0 Å².